The van der Waals surface area contributed by atoms with Crippen LogP contribution in [0.1, 0.15) is 16.7 Å². The number of nitrogens with two attached hydrogens (primary N) is 1. The van der Waals surface area contributed by atoms with Crippen LogP contribution in [0.4, 0.5) is 11.4 Å². The molecule has 0 aliphatic rings. The van der Waals surface area contributed by atoms with Gasteiger partial charge in [0.25, 0.3) is 0 Å². The molecule has 0 aromatic heterocycles. The highest BCUT2D eigenvalue weighted by Gasteiger charge is 2.18. The molecule has 0 fully saturated rings. The van der Waals surface area contributed by atoms with E-state index in [1.54, 1.807) is 54.6 Å². The molecule has 1 atom stereocenters. The molecule has 1 unspecified atom stereocenters. The van der Waals surface area contributed by atoms with E-state index in [-0.39, 0.29) is 15.5 Å². The maximum atomic E-state index is 12.8. The Hall–Kier alpha value is -3.48. The van der Waals surface area contributed by atoms with E-state index in [1.165, 1.54) is 12.1 Å². The molecule has 0 amide bonds. The predicted octanol–water partition coefficient (Wildman–Crippen LogP) is 3.09. The lowest BCUT2D eigenvalue weighted by Crippen LogP contribution is -2.11. The number of anilines is 2. The van der Waals surface area contributed by atoms with Gasteiger partial charge in [0.05, 0.1) is 27.1 Å². The van der Waals surface area contributed by atoms with E-state index < -0.39 is 20.8 Å². The third-order valence-electron chi connectivity index (χ3n) is 4.28. The van der Waals surface area contributed by atoms with Gasteiger partial charge in [-0.2, -0.15) is 5.26 Å². The van der Waals surface area contributed by atoms with Crippen molar-refractivity contribution in [2.45, 2.75) is 9.79 Å². The van der Waals surface area contributed by atoms with E-state index in [9.17, 15) is 12.6 Å². The predicted molar refractivity (Wildman–Crippen MR) is 118 cm³/mol. The van der Waals surface area contributed by atoms with Crippen LogP contribution in [0.5, 0.6) is 0 Å². The normalized spacial score (nSPS) is 12.0. The van der Waals surface area contributed by atoms with Gasteiger partial charge in [-0.15, -0.1) is 0 Å². The van der Waals surface area contributed by atoms with Crippen LogP contribution in [0.3, 0.4) is 0 Å². The van der Waals surface area contributed by atoms with Gasteiger partial charge in [-0.25, -0.2) is 12.6 Å². The first-order chi connectivity index (χ1) is 14.2. The van der Waals surface area contributed by atoms with Gasteiger partial charge >= 0.3 is 0 Å². The molecule has 0 heterocycles. The highest BCUT2D eigenvalue weighted by Crippen LogP contribution is 2.24. The number of nitrogens with zero attached hydrogens (tertiary/aromatic N) is 1. The summed E-state index contributed by atoms with van der Waals surface area (Å²) in [4.78, 5) is 0.123. The van der Waals surface area contributed by atoms with Gasteiger partial charge in [-0.05, 0) is 42.5 Å². The number of nitrogen functional groups attached to an aromatic ring is 1. The van der Waals surface area contributed by atoms with Crippen molar-refractivity contribution in [1.29, 1.82) is 10.7 Å². The second-order valence-corrected chi connectivity index (χ2v) is 9.62. The Labute approximate surface area is 177 Å². The highest BCUT2D eigenvalue weighted by molar-refractivity contribution is 7.92. The molecule has 152 valence electrons. The van der Waals surface area contributed by atoms with Gasteiger partial charge < -0.3 is 10.5 Å². The topological polar surface area (TPSA) is 137 Å². The fraction of sp³-hybridized carbons (Fsp3) is 0.0476. The van der Waals surface area contributed by atoms with Crippen LogP contribution in [0.15, 0.2) is 76.5 Å². The molecule has 0 bridgehead atoms. The fourth-order valence-corrected chi connectivity index (χ4v) is 5.12. The lowest BCUT2D eigenvalue weighted by Gasteiger charge is -2.13. The zero-order chi connectivity index (χ0) is 21.9. The Morgan fingerprint density at radius 2 is 1.77 bits per heavy atom. The summed E-state index contributed by atoms with van der Waals surface area (Å²) in [7, 11) is -5.40. The number of hydrogen-bond acceptors (Lipinski definition) is 6. The lowest BCUT2D eigenvalue weighted by atomic mass is 9.99. The molecule has 4 N–H and O–H groups in total. The largest absolute Gasteiger partial charge is 0.398 e. The summed E-state index contributed by atoms with van der Waals surface area (Å²) in [5, 5.41) is 17.4. The van der Waals surface area contributed by atoms with Crippen molar-refractivity contribution in [1.82, 2.24) is 0 Å². The minimum atomic E-state index is -3.55. The van der Waals surface area contributed by atoms with Gasteiger partial charge in [0.15, 0.2) is 20.8 Å². The van der Waals surface area contributed by atoms with Crippen LogP contribution >= 0.6 is 0 Å². The number of sulfone groups is 1. The van der Waals surface area contributed by atoms with E-state index in [4.69, 9.17) is 16.4 Å². The van der Waals surface area contributed by atoms with E-state index in [0.29, 0.717) is 28.1 Å². The first-order valence-electron chi connectivity index (χ1n) is 8.67. The van der Waals surface area contributed by atoms with Crippen LogP contribution in [0, 0.1) is 16.7 Å². The number of hydrogen-bond donors (Lipinski definition) is 3. The Kier molecular flexibility index (Phi) is 6.01. The van der Waals surface area contributed by atoms with Crippen LogP contribution in [0.2, 0.25) is 0 Å². The van der Waals surface area contributed by atoms with Crippen molar-refractivity contribution in [2.24, 2.45) is 0 Å². The maximum Gasteiger partial charge on any atom is 0.176 e. The molecule has 3 aromatic carbocycles. The number of benzene rings is 3. The summed E-state index contributed by atoms with van der Waals surface area (Å²) in [5.74, 6) is 0. The van der Waals surface area contributed by atoms with Crippen LogP contribution in [-0.2, 0) is 20.8 Å². The third kappa shape index (κ3) is 4.56. The summed E-state index contributed by atoms with van der Waals surface area (Å²) in [6, 6.07) is 19.4. The molecule has 0 aliphatic heterocycles. The van der Waals surface area contributed by atoms with E-state index in [1.807, 2.05) is 6.07 Å². The summed E-state index contributed by atoms with van der Waals surface area (Å²) < 4.78 is 39.5. The van der Waals surface area contributed by atoms with Crippen LogP contribution < -0.4 is 10.5 Å². The third-order valence-corrected chi connectivity index (χ3v) is 6.74. The summed E-state index contributed by atoms with van der Waals surface area (Å²) >= 11 is 0. The quantitative estimate of drug-likeness (QED) is 0.401. The van der Waals surface area contributed by atoms with Gasteiger partial charge in [-0.3, -0.25) is 5.41 Å². The molecule has 0 saturated carbocycles. The van der Waals surface area contributed by atoms with Crippen LogP contribution in [0.25, 0.3) is 0 Å². The van der Waals surface area contributed by atoms with Crippen molar-refractivity contribution >= 4 is 37.9 Å². The highest BCUT2D eigenvalue weighted by atomic mass is 32.2. The standard InChI is InChI=1S/C21H18N4O3S2/c1-30(27,28)20-5-3-2-4-19(20)29(26)25-16-10-11-18(23)17(12-16)21(24)15-8-6-14(13-22)7-9-15/h2-12,24-25H,23H2,1H3. The van der Waals surface area contributed by atoms with Gasteiger partial charge in [0.2, 0.25) is 0 Å². The van der Waals surface area contributed by atoms with Gasteiger partial charge in [0, 0.05) is 28.8 Å². The molecule has 7 nitrogen and oxygen atoms in total. The van der Waals surface area contributed by atoms with Crippen molar-refractivity contribution in [3.8, 4) is 6.07 Å². The Morgan fingerprint density at radius 1 is 1.10 bits per heavy atom. The maximum absolute atomic E-state index is 12.8. The zero-order valence-electron chi connectivity index (χ0n) is 15.9. The average Bonchev–Trinajstić information content (AvgIpc) is 2.74. The molecule has 30 heavy (non-hydrogen) atoms. The minimum Gasteiger partial charge on any atom is -0.398 e. The SMILES string of the molecule is CS(=O)(=O)c1ccccc1S(=O)Nc1ccc(N)c(C(=N)c2ccc(C#N)cc2)c1. The first kappa shape index (κ1) is 21.2. The Morgan fingerprint density at radius 3 is 2.40 bits per heavy atom. The summed E-state index contributed by atoms with van der Waals surface area (Å²) in [5.41, 5.74) is 8.41. The van der Waals surface area contributed by atoms with E-state index in [0.717, 1.165) is 6.26 Å². The van der Waals surface area contributed by atoms with Crippen molar-refractivity contribution < 1.29 is 12.6 Å². The molecule has 0 aliphatic carbocycles. The van der Waals surface area contributed by atoms with Gasteiger partial charge in [-0.1, -0.05) is 24.3 Å². The second-order valence-electron chi connectivity index (χ2n) is 6.46. The minimum absolute atomic E-state index is 0.0168. The fourth-order valence-electron chi connectivity index (χ4n) is 2.77. The molecule has 0 saturated heterocycles. The lowest BCUT2D eigenvalue weighted by molar-refractivity contribution is 0.599. The van der Waals surface area contributed by atoms with Crippen LogP contribution in [-0.4, -0.2) is 24.6 Å². The summed E-state index contributed by atoms with van der Waals surface area (Å²) in [6.45, 7) is 0. The molecular weight excluding hydrogens is 420 g/mol. The van der Waals surface area contributed by atoms with Crippen molar-refractivity contribution in [3.63, 3.8) is 0 Å². The smallest absolute Gasteiger partial charge is 0.176 e. The molecule has 3 aromatic rings. The Bertz CT molecular complexity index is 1290. The monoisotopic (exact) mass is 438 g/mol. The second kappa shape index (κ2) is 8.49. The van der Waals surface area contributed by atoms with E-state index in [2.05, 4.69) is 4.72 Å². The zero-order valence-corrected chi connectivity index (χ0v) is 17.5. The van der Waals surface area contributed by atoms with Crippen molar-refractivity contribution in [3.05, 3.63) is 83.4 Å². The van der Waals surface area contributed by atoms with Crippen molar-refractivity contribution in [2.75, 3.05) is 16.7 Å². The number of nitriles is 1. The van der Waals surface area contributed by atoms with E-state index >= 15 is 0 Å². The number of nitrogens with one attached hydrogen (secondary N) is 2. The van der Waals surface area contributed by atoms with Gasteiger partial charge in [0.1, 0.15) is 0 Å². The Balaban J connectivity index is 1.92. The first-order valence-corrected chi connectivity index (χ1v) is 11.7. The summed E-state index contributed by atoms with van der Waals surface area (Å²) in [6.07, 6.45) is 1.06. The number of rotatable bonds is 6. The molecule has 9 heteroatoms. The molecule has 3 rings (SSSR count). The average molecular weight is 439 g/mol. The molecule has 0 radical (unpaired) electrons. The molecular formula is C21H18N4O3S2. The molecule has 0 spiro atoms.